The maximum atomic E-state index is 13.6. The van der Waals surface area contributed by atoms with Crippen LogP contribution in [0, 0.1) is 5.82 Å². The first-order valence-corrected chi connectivity index (χ1v) is 8.77. The summed E-state index contributed by atoms with van der Waals surface area (Å²) in [5.41, 5.74) is 0.859. The third kappa shape index (κ3) is 4.46. The van der Waals surface area contributed by atoms with Gasteiger partial charge in [-0.05, 0) is 36.2 Å². The number of hydrogen-bond acceptors (Lipinski definition) is 4. The van der Waals surface area contributed by atoms with Crippen molar-refractivity contribution in [3.8, 4) is 5.75 Å². The lowest BCUT2D eigenvalue weighted by atomic mass is 10.1. The minimum absolute atomic E-state index is 0.0264. The fourth-order valence-corrected chi connectivity index (χ4v) is 2.89. The van der Waals surface area contributed by atoms with Crippen LogP contribution in [-0.2, 0) is 16.1 Å². The molecule has 0 bridgehead atoms. The summed E-state index contributed by atoms with van der Waals surface area (Å²) in [7, 11) is 1.55. The Morgan fingerprint density at radius 2 is 1.89 bits per heavy atom. The lowest BCUT2D eigenvalue weighted by Crippen LogP contribution is -2.31. The number of hydrogen-bond donors (Lipinski definition) is 2. The Morgan fingerprint density at radius 1 is 1.18 bits per heavy atom. The van der Waals surface area contributed by atoms with Crippen molar-refractivity contribution in [2.75, 3.05) is 12.4 Å². The standard InChI is InChI=1S/C20H20FN3O4/c1-28-14-8-6-13(7-9-14)12-24-19(26)17(23-20(24)27)10-11-18(25)22-16-5-3-2-4-15(16)21/h2-9,17H,10-12H2,1H3,(H,22,25)(H,23,27)/t17-/m1/s1. The van der Waals surface area contributed by atoms with Crippen LogP contribution in [0.3, 0.4) is 0 Å². The number of para-hydroxylation sites is 1. The molecule has 146 valence electrons. The van der Waals surface area contributed by atoms with E-state index in [9.17, 15) is 18.8 Å². The van der Waals surface area contributed by atoms with Gasteiger partial charge in [0.25, 0.3) is 5.91 Å². The molecule has 1 heterocycles. The van der Waals surface area contributed by atoms with E-state index in [-0.39, 0.29) is 31.0 Å². The molecular formula is C20H20FN3O4. The number of nitrogens with zero attached hydrogens (tertiary/aromatic N) is 1. The van der Waals surface area contributed by atoms with Gasteiger partial charge in [0, 0.05) is 6.42 Å². The second-order valence-electron chi connectivity index (χ2n) is 6.34. The van der Waals surface area contributed by atoms with Crippen LogP contribution in [0.5, 0.6) is 5.75 Å². The zero-order valence-electron chi connectivity index (χ0n) is 15.3. The van der Waals surface area contributed by atoms with Crippen molar-refractivity contribution in [1.29, 1.82) is 0 Å². The van der Waals surface area contributed by atoms with Gasteiger partial charge in [-0.1, -0.05) is 24.3 Å². The van der Waals surface area contributed by atoms with Crippen LogP contribution in [0.15, 0.2) is 48.5 Å². The number of benzene rings is 2. The summed E-state index contributed by atoms with van der Waals surface area (Å²) in [6.07, 6.45) is 0.103. The van der Waals surface area contributed by atoms with Crippen LogP contribution in [0.2, 0.25) is 0 Å². The van der Waals surface area contributed by atoms with E-state index in [1.807, 2.05) is 0 Å². The monoisotopic (exact) mass is 385 g/mol. The minimum Gasteiger partial charge on any atom is -0.497 e. The van der Waals surface area contributed by atoms with Gasteiger partial charge in [0.1, 0.15) is 17.6 Å². The van der Waals surface area contributed by atoms with Crippen LogP contribution in [-0.4, -0.2) is 35.9 Å². The number of rotatable bonds is 7. The van der Waals surface area contributed by atoms with Crippen molar-refractivity contribution in [3.05, 3.63) is 59.9 Å². The molecule has 0 aromatic heterocycles. The van der Waals surface area contributed by atoms with Crippen LogP contribution in [0.1, 0.15) is 18.4 Å². The fourth-order valence-electron chi connectivity index (χ4n) is 2.89. The highest BCUT2D eigenvalue weighted by Crippen LogP contribution is 2.18. The number of methoxy groups -OCH3 is 1. The molecule has 2 aromatic rings. The van der Waals surface area contributed by atoms with E-state index in [0.29, 0.717) is 5.75 Å². The van der Waals surface area contributed by atoms with Crippen molar-refractivity contribution in [2.24, 2.45) is 0 Å². The third-order valence-corrected chi connectivity index (χ3v) is 4.41. The Balaban J connectivity index is 1.54. The van der Waals surface area contributed by atoms with Crippen LogP contribution in [0.4, 0.5) is 14.9 Å². The molecule has 2 aromatic carbocycles. The Hall–Kier alpha value is -3.42. The van der Waals surface area contributed by atoms with Crippen molar-refractivity contribution < 1.29 is 23.5 Å². The van der Waals surface area contributed by atoms with E-state index in [4.69, 9.17) is 4.74 Å². The number of ether oxygens (including phenoxy) is 1. The van der Waals surface area contributed by atoms with Gasteiger partial charge < -0.3 is 15.4 Å². The molecule has 1 aliphatic heterocycles. The Morgan fingerprint density at radius 3 is 2.57 bits per heavy atom. The largest absolute Gasteiger partial charge is 0.497 e. The second-order valence-corrected chi connectivity index (χ2v) is 6.34. The van der Waals surface area contributed by atoms with Crippen LogP contribution < -0.4 is 15.4 Å². The molecule has 1 saturated heterocycles. The highest BCUT2D eigenvalue weighted by molar-refractivity contribution is 6.04. The van der Waals surface area contributed by atoms with E-state index in [1.165, 1.54) is 18.2 Å². The fraction of sp³-hybridized carbons (Fsp3) is 0.250. The number of imide groups is 1. The summed E-state index contributed by atoms with van der Waals surface area (Å²) in [4.78, 5) is 37.7. The summed E-state index contributed by atoms with van der Waals surface area (Å²) in [6, 6.07) is 11.6. The molecule has 1 aliphatic rings. The summed E-state index contributed by atoms with van der Waals surface area (Å²) in [6.45, 7) is 0.132. The van der Waals surface area contributed by atoms with Crippen molar-refractivity contribution in [1.82, 2.24) is 10.2 Å². The van der Waals surface area contributed by atoms with Crippen LogP contribution >= 0.6 is 0 Å². The van der Waals surface area contributed by atoms with E-state index in [2.05, 4.69) is 10.6 Å². The lowest BCUT2D eigenvalue weighted by molar-refractivity contribution is -0.128. The Bertz CT molecular complexity index is 885. The summed E-state index contributed by atoms with van der Waals surface area (Å²) in [5.74, 6) is -0.674. The first-order chi connectivity index (χ1) is 13.5. The number of carbonyl (C=O) groups is 3. The molecule has 0 aliphatic carbocycles. The van der Waals surface area contributed by atoms with Gasteiger partial charge in [-0.25, -0.2) is 9.18 Å². The average molecular weight is 385 g/mol. The van der Waals surface area contributed by atoms with Gasteiger partial charge in [-0.2, -0.15) is 0 Å². The van der Waals surface area contributed by atoms with E-state index < -0.39 is 23.8 Å². The molecule has 2 N–H and O–H groups in total. The number of halogens is 1. The molecular weight excluding hydrogens is 365 g/mol. The van der Waals surface area contributed by atoms with Gasteiger partial charge in [-0.15, -0.1) is 0 Å². The predicted octanol–water partition coefficient (Wildman–Crippen LogP) is 2.67. The van der Waals surface area contributed by atoms with Gasteiger partial charge in [-0.3, -0.25) is 14.5 Å². The third-order valence-electron chi connectivity index (χ3n) is 4.41. The smallest absolute Gasteiger partial charge is 0.325 e. The van der Waals surface area contributed by atoms with Gasteiger partial charge in [0.05, 0.1) is 19.3 Å². The minimum atomic E-state index is -0.780. The summed E-state index contributed by atoms with van der Waals surface area (Å²) >= 11 is 0. The Kier molecular flexibility index (Phi) is 5.88. The number of urea groups is 1. The SMILES string of the molecule is COc1ccc(CN2C(=O)N[C@H](CCC(=O)Nc3ccccc3F)C2=O)cc1. The molecule has 1 fully saturated rings. The molecule has 0 unspecified atom stereocenters. The topological polar surface area (TPSA) is 87.7 Å². The maximum absolute atomic E-state index is 13.6. The number of amides is 4. The van der Waals surface area contributed by atoms with E-state index in [0.717, 1.165) is 10.5 Å². The zero-order valence-corrected chi connectivity index (χ0v) is 15.3. The average Bonchev–Trinajstić information content (AvgIpc) is 2.96. The Labute approximate surface area is 161 Å². The first-order valence-electron chi connectivity index (χ1n) is 8.77. The normalized spacial score (nSPS) is 16.1. The molecule has 8 heteroatoms. The van der Waals surface area contributed by atoms with Gasteiger partial charge in [0.15, 0.2) is 0 Å². The summed E-state index contributed by atoms with van der Waals surface area (Å²) in [5, 5.41) is 5.04. The molecule has 3 rings (SSSR count). The molecule has 0 saturated carbocycles. The second kappa shape index (κ2) is 8.51. The van der Waals surface area contributed by atoms with Crippen molar-refractivity contribution >= 4 is 23.5 Å². The first kappa shape index (κ1) is 19.3. The van der Waals surface area contributed by atoms with E-state index >= 15 is 0 Å². The number of carbonyl (C=O) groups excluding carboxylic acids is 3. The zero-order chi connectivity index (χ0) is 20.1. The number of anilines is 1. The molecule has 0 radical (unpaired) electrons. The van der Waals surface area contributed by atoms with Crippen molar-refractivity contribution in [2.45, 2.75) is 25.4 Å². The molecule has 7 nitrogen and oxygen atoms in total. The quantitative estimate of drug-likeness (QED) is 0.718. The summed E-state index contributed by atoms with van der Waals surface area (Å²) < 4.78 is 18.7. The predicted molar refractivity (Wildman–Crippen MR) is 100 cm³/mol. The molecule has 1 atom stereocenters. The lowest BCUT2D eigenvalue weighted by Gasteiger charge is -2.13. The highest BCUT2D eigenvalue weighted by Gasteiger charge is 2.37. The molecule has 28 heavy (non-hydrogen) atoms. The van der Waals surface area contributed by atoms with Gasteiger partial charge in [0.2, 0.25) is 5.91 Å². The molecule has 4 amide bonds. The van der Waals surface area contributed by atoms with Crippen molar-refractivity contribution in [3.63, 3.8) is 0 Å². The maximum Gasteiger partial charge on any atom is 0.325 e. The molecule has 0 spiro atoms. The number of nitrogens with one attached hydrogen (secondary N) is 2. The van der Waals surface area contributed by atoms with Crippen LogP contribution in [0.25, 0.3) is 0 Å². The van der Waals surface area contributed by atoms with Gasteiger partial charge >= 0.3 is 6.03 Å². The van der Waals surface area contributed by atoms with E-state index in [1.54, 1.807) is 37.4 Å². The highest BCUT2D eigenvalue weighted by atomic mass is 19.1.